The summed E-state index contributed by atoms with van der Waals surface area (Å²) in [4.78, 5) is 0. The SMILES string of the molecule is C#C[C@@H](OC)[C@H]1CCC2C3CC[C@H]4C[C@H](O)CC[C@]4(C)C3CC[C@@]21C. The van der Waals surface area contributed by atoms with Gasteiger partial charge in [-0.3, -0.25) is 0 Å². The van der Waals surface area contributed by atoms with Gasteiger partial charge < -0.3 is 9.84 Å². The van der Waals surface area contributed by atoms with Gasteiger partial charge in [0.25, 0.3) is 0 Å². The summed E-state index contributed by atoms with van der Waals surface area (Å²) in [6.07, 6.45) is 17.0. The Labute approximate surface area is 154 Å². The van der Waals surface area contributed by atoms with Crippen LogP contribution in [0, 0.1) is 52.8 Å². The highest BCUT2D eigenvalue weighted by Crippen LogP contribution is 2.67. The van der Waals surface area contributed by atoms with Crippen LogP contribution in [-0.4, -0.2) is 24.4 Å². The van der Waals surface area contributed by atoms with Crippen molar-refractivity contribution in [3.8, 4) is 12.3 Å². The second-order valence-electron chi connectivity index (χ2n) is 10.1. The Morgan fingerprint density at radius 1 is 1.00 bits per heavy atom. The third-order valence-corrected chi connectivity index (χ3v) is 9.50. The number of methoxy groups -OCH3 is 1. The minimum atomic E-state index is -0.0440. The van der Waals surface area contributed by atoms with Crippen molar-refractivity contribution in [2.24, 2.45) is 40.4 Å². The molecule has 25 heavy (non-hydrogen) atoms. The summed E-state index contributed by atoms with van der Waals surface area (Å²) in [5, 5.41) is 10.2. The average Bonchev–Trinajstić information content (AvgIpc) is 2.94. The summed E-state index contributed by atoms with van der Waals surface area (Å²) in [6, 6.07) is 0. The minimum Gasteiger partial charge on any atom is -0.393 e. The number of hydrogen-bond acceptors (Lipinski definition) is 2. The van der Waals surface area contributed by atoms with Gasteiger partial charge in [0.15, 0.2) is 0 Å². The molecule has 4 saturated carbocycles. The number of ether oxygens (including phenoxy) is 1. The van der Waals surface area contributed by atoms with Gasteiger partial charge in [-0.05, 0) is 92.3 Å². The van der Waals surface area contributed by atoms with Crippen molar-refractivity contribution in [2.45, 2.75) is 83.8 Å². The number of aliphatic hydroxyl groups is 1. The lowest BCUT2D eigenvalue weighted by Gasteiger charge is -2.61. The van der Waals surface area contributed by atoms with Crippen molar-refractivity contribution in [3.05, 3.63) is 0 Å². The Kier molecular flexibility index (Phi) is 4.49. The van der Waals surface area contributed by atoms with E-state index in [1.54, 1.807) is 7.11 Å². The third kappa shape index (κ3) is 2.53. The van der Waals surface area contributed by atoms with Gasteiger partial charge in [0.05, 0.1) is 6.10 Å². The summed E-state index contributed by atoms with van der Waals surface area (Å²) >= 11 is 0. The fraction of sp³-hybridized carbons (Fsp3) is 0.913. The maximum atomic E-state index is 10.2. The Balaban J connectivity index is 1.59. The van der Waals surface area contributed by atoms with Crippen LogP contribution in [0.4, 0.5) is 0 Å². The first-order valence-corrected chi connectivity index (χ1v) is 10.6. The zero-order valence-electron chi connectivity index (χ0n) is 16.3. The summed E-state index contributed by atoms with van der Waals surface area (Å²) in [7, 11) is 1.78. The van der Waals surface area contributed by atoms with Crippen molar-refractivity contribution in [2.75, 3.05) is 7.11 Å². The molecule has 1 N–H and O–H groups in total. The van der Waals surface area contributed by atoms with Crippen LogP contribution in [0.1, 0.15) is 71.6 Å². The van der Waals surface area contributed by atoms with Gasteiger partial charge in [-0.1, -0.05) is 19.8 Å². The molecule has 0 radical (unpaired) electrons. The molecule has 2 heteroatoms. The van der Waals surface area contributed by atoms with Gasteiger partial charge in [-0.2, -0.15) is 0 Å². The Hall–Kier alpha value is -0.520. The Bertz CT molecular complexity index is 551. The van der Waals surface area contributed by atoms with Crippen molar-refractivity contribution >= 4 is 0 Å². The molecule has 0 aromatic heterocycles. The molecular weight excluding hydrogens is 308 g/mol. The molecule has 0 aromatic carbocycles. The normalized spacial score (nSPS) is 53.2. The zero-order chi connectivity index (χ0) is 17.8. The monoisotopic (exact) mass is 344 g/mol. The molecule has 140 valence electrons. The van der Waals surface area contributed by atoms with E-state index < -0.39 is 0 Å². The lowest BCUT2D eigenvalue weighted by atomic mass is 9.44. The summed E-state index contributed by atoms with van der Waals surface area (Å²) in [5.74, 6) is 6.77. The fourth-order valence-corrected chi connectivity index (χ4v) is 8.12. The van der Waals surface area contributed by atoms with Gasteiger partial charge in [0, 0.05) is 13.0 Å². The summed E-state index contributed by atoms with van der Waals surface area (Å²) in [5.41, 5.74) is 0.833. The molecule has 2 nitrogen and oxygen atoms in total. The van der Waals surface area contributed by atoms with E-state index in [1.807, 2.05) is 0 Å². The number of terminal acetylenes is 1. The van der Waals surface area contributed by atoms with Crippen LogP contribution < -0.4 is 0 Å². The maximum absolute atomic E-state index is 10.2. The van der Waals surface area contributed by atoms with Crippen LogP contribution in [0.15, 0.2) is 0 Å². The highest BCUT2D eigenvalue weighted by atomic mass is 16.5. The standard InChI is InChI=1S/C23H36O2/c1-5-21(25-4)20-9-8-18-17-7-6-15-14-16(24)10-12-22(15,2)19(17)11-13-23(18,20)3/h1,15-21,24H,6-14H2,2-4H3/t15-,16+,17?,18?,19?,20+,21+,22-,23-/m0/s1. The van der Waals surface area contributed by atoms with Crippen molar-refractivity contribution in [3.63, 3.8) is 0 Å². The van der Waals surface area contributed by atoms with Gasteiger partial charge >= 0.3 is 0 Å². The van der Waals surface area contributed by atoms with E-state index >= 15 is 0 Å². The Morgan fingerprint density at radius 3 is 2.44 bits per heavy atom. The van der Waals surface area contributed by atoms with Crippen LogP contribution in [0.2, 0.25) is 0 Å². The molecule has 3 unspecified atom stereocenters. The van der Waals surface area contributed by atoms with E-state index in [4.69, 9.17) is 11.2 Å². The van der Waals surface area contributed by atoms with Crippen LogP contribution in [0.5, 0.6) is 0 Å². The highest BCUT2D eigenvalue weighted by molar-refractivity contribution is 5.13. The first kappa shape index (κ1) is 17.9. The van der Waals surface area contributed by atoms with E-state index in [2.05, 4.69) is 19.8 Å². The van der Waals surface area contributed by atoms with E-state index in [0.717, 1.165) is 36.5 Å². The fourth-order valence-electron chi connectivity index (χ4n) is 8.12. The second-order valence-corrected chi connectivity index (χ2v) is 10.1. The molecule has 4 aliphatic rings. The van der Waals surface area contributed by atoms with Crippen LogP contribution in [0.25, 0.3) is 0 Å². The predicted molar refractivity (Wildman–Crippen MR) is 101 cm³/mol. The van der Waals surface area contributed by atoms with Gasteiger partial charge in [0.2, 0.25) is 0 Å². The summed E-state index contributed by atoms with van der Waals surface area (Å²) < 4.78 is 5.69. The first-order valence-electron chi connectivity index (χ1n) is 10.6. The molecule has 0 aliphatic heterocycles. The molecule has 4 aliphatic carbocycles. The zero-order valence-corrected chi connectivity index (χ0v) is 16.3. The Morgan fingerprint density at radius 2 is 1.72 bits per heavy atom. The molecule has 9 atom stereocenters. The van der Waals surface area contributed by atoms with E-state index in [9.17, 15) is 5.11 Å². The minimum absolute atomic E-state index is 0.0108. The third-order valence-electron chi connectivity index (χ3n) is 9.50. The van der Waals surface area contributed by atoms with Gasteiger partial charge in [-0.25, -0.2) is 0 Å². The molecule has 0 saturated heterocycles. The molecule has 0 aromatic rings. The average molecular weight is 345 g/mol. The smallest absolute Gasteiger partial charge is 0.120 e. The number of hydrogen-bond donors (Lipinski definition) is 1. The van der Waals surface area contributed by atoms with Crippen molar-refractivity contribution < 1.29 is 9.84 Å². The van der Waals surface area contributed by atoms with E-state index in [0.29, 0.717) is 16.7 Å². The number of rotatable bonds is 2. The topological polar surface area (TPSA) is 29.5 Å². The quantitative estimate of drug-likeness (QED) is 0.739. The molecule has 0 heterocycles. The van der Waals surface area contributed by atoms with E-state index in [-0.39, 0.29) is 12.2 Å². The molecule has 0 spiro atoms. The largest absolute Gasteiger partial charge is 0.393 e. The molecule has 0 bridgehead atoms. The predicted octanol–water partition coefficient (Wildman–Crippen LogP) is 4.65. The van der Waals surface area contributed by atoms with Crippen LogP contribution in [0.3, 0.4) is 0 Å². The van der Waals surface area contributed by atoms with Gasteiger partial charge in [-0.15, -0.1) is 6.42 Å². The molecule has 0 amide bonds. The van der Waals surface area contributed by atoms with E-state index in [1.165, 1.54) is 44.9 Å². The molecule has 4 rings (SSSR count). The molecule has 4 fully saturated rings. The lowest BCUT2D eigenvalue weighted by Crippen LogP contribution is -2.54. The van der Waals surface area contributed by atoms with Gasteiger partial charge in [0.1, 0.15) is 6.10 Å². The number of fused-ring (bicyclic) bond motifs is 5. The maximum Gasteiger partial charge on any atom is 0.120 e. The van der Waals surface area contributed by atoms with Crippen molar-refractivity contribution in [1.29, 1.82) is 0 Å². The molecular formula is C23H36O2. The van der Waals surface area contributed by atoms with Crippen LogP contribution >= 0.6 is 0 Å². The lowest BCUT2D eigenvalue weighted by molar-refractivity contribution is -0.131. The highest BCUT2D eigenvalue weighted by Gasteiger charge is 2.60. The second kappa shape index (κ2) is 6.28. The summed E-state index contributed by atoms with van der Waals surface area (Å²) in [6.45, 7) is 5.09. The number of aliphatic hydroxyl groups excluding tert-OH is 1. The van der Waals surface area contributed by atoms with Crippen LogP contribution in [-0.2, 0) is 4.74 Å². The first-order chi connectivity index (χ1) is 11.9. The van der Waals surface area contributed by atoms with Crippen molar-refractivity contribution in [1.82, 2.24) is 0 Å².